The molecule has 0 saturated heterocycles. The lowest BCUT2D eigenvalue weighted by atomic mass is 9.99. The number of aromatic amines is 1. The number of nitrogens with zero attached hydrogens (tertiary/aromatic N) is 5. The number of halogens is 4. The molecule has 0 amide bonds. The summed E-state index contributed by atoms with van der Waals surface area (Å²) >= 11 is 3.71. The van der Waals surface area contributed by atoms with Gasteiger partial charge in [-0.05, 0) is 56.9 Å². The van der Waals surface area contributed by atoms with Gasteiger partial charge in [-0.2, -0.15) is 18.3 Å². The van der Waals surface area contributed by atoms with Crippen LogP contribution in [0.25, 0.3) is 33.7 Å². The van der Waals surface area contributed by atoms with Crippen LogP contribution in [0.5, 0.6) is 0 Å². The standard InChI is InChI=1S/C27H26BrF3N6O2/c1-3-4-9-21-19(22(14-38-2)37(34-21)15-27(29,30)31)12-16-10-11-23-20(13-16)24(28)25(39-23)17-7-5-6-8-18(17)26-32-35-36-33-26/h5-8,10-11,13H,3-4,9,12,14-15H2,1-2H3,(H,32,33,35,36). The number of alkyl halides is 3. The van der Waals surface area contributed by atoms with Gasteiger partial charge in [-0.3, -0.25) is 4.68 Å². The number of aromatic nitrogens is 6. The van der Waals surface area contributed by atoms with Crippen molar-refractivity contribution in [2.75, 3.05) is 7.11 Å². The van der Waals surface area contributed by atoms with Gasteiger partial charge in [0.05, 0.1) is 22.5 Å². The quantitative estimate of drug-likeness (QED) is 0.187. The number of fused-ring (bicyclic) bond motifs is 1. The molecule has 204 valence electrons. The predicted octanol–water partition coefficient (Wildman–Crippen LogP) is 6.88. The van der Waals surface area contributed by atoms with Crippen LogP contribution in [0.2, 0.25) is 0 Å². The van der Waals surface area contributed by atoms with Crippen LogP contribution in [0.1, 0.15) is 42.3 Å². The molecule has 1 N–H and O–H groups in total. The lowest BCUT2D eigenvalue weighted by molar-refractivity contribution is -0.143. The van der Waals surface area contributed by atoms with Crippen LogP contribution in [0.3, 0.4) is 0 Å². The molecule has 0 atom stereocenters. The van der Waals surface area contributed by atoms with E-state index in [9.17, 15) is 13.2 Å². The number of hydrogen-bond acceptors (Lipinski definition) is 6. The van der Waals surface area contributed by atoms with Gasteiger partial charge in [0.2, 0.25) is 0 Å². The summed E-state index contributed by atoms with van der Waals surface area (Å²) in [6.45, 7) is 0.932. The molecular formula is C27H26BrF3N6O2. The van der Waals surface area contributed by atoms with Gasteiger partial charge >= 0.3 is 6.18 Å². The third-order valence-electron chi connectivity index (χ3n) is 6.47. The summed E-state index contributed by atoms with van der Waals surface area (Å²) < 4.78 is 53.3. The molecule has 39 heavy (non-hydrogen) atoms. The molecule has 0 saturated carbocycles. The fourth-order valence-corrected chi connectivity index (χ4v) is 5.30. The monoisotopic (exact) mass is 602 g/mol. The number of unbranched alkanes of at least 4 members (excludes halogenated alkanes) is 1. The third kappa shape index (κ3) is 5.76. The summed E-state index contributed by atoms with van der Waals surface area (Å²) in [5.41, 5.74) is 5.07. The first kappa shape index (κ1) is 27.1. The van der Waals surface area contributed by atoms with E-state index in [0.717, 1.165) is 49.6 Å². The molecule has 0 unspecified atom stereocenters. The summed E-state index contributed by atoms with van der Waals surface area (Å²) in [6, 6.07) is 13.4. The fourth-order valence-electron chi connectivity index (χ4n) is 4.70. The van der Waals surface area contributed by atoms with Crippen LogP contribution in [-0.4, -0.2) is 43.7 Å². The van der Waals surface area contributed by atoms with Crippen molar-refractivity contribution in [3.63, 3.8) is 0 Å². The first-order valence-electron chi connectivity index (χ1n) is 12.5. The number of methoxy groups -OCH3 is 1. The number of benzene rings is 2. The van der Waals surface area contributed by atoms with Crippen LogP contribution >= 0.6 is 15.9 Å². The van der Waals surface area contributed by atoms with E-state index in [1.165, 1.54) is 7.11 Å². The minimum Gasteiger partial charge on any atom is -0.455 e. The Morgan fingerprint density at radius 3 is 2.62 bits per heavy atom. The Morgan fingerprint density at radius 2 is 1.92 bits per heavy atom. The van der Waals surface area contributed by atoms with Crippen molar-refractivity contribution in [3.8, 4) is 22.7 Å². The smallest absolute Gasteiger partial charge is 0.408 e. The van der Waals surface area contributed by atoms with Crippen molar-refractivity contribution >= 4 is 26.9 Å². The maximum Gasteiger partial charge on any atom is 0.408 e. The van der Waals surface area contributed by atoms with Crippen LogP contribution in [0, 0.1) is 0 Å². The maximum absolute atomic E-state index is 13.3. The molecule has 8 nitrogen and oxygen atoms in total. The highest BCUT2D eigenvalue weighted by molar-refractivity contribution is 9.10. The van der Waals surface area contributed by atoms with Gasteiger partial charge in [-0.15, -0.1) is 5.10 Å². The third-order valence-corrected chi connectivity index (χ3v) is 7.26. The maximum atomic E-state index is 13.3. The number of nitrogens with one attached hydrogen (secondary N) is 1. The molecule has 0 fully saturated rings. The van der Waals surface area contributed by atoms with Crippen LogP contribution in [-0.2, 0) is 30.7 Å². The molecule has 5 aromatic rings. The van der Waals surface area contributed by atoms with Crippen molar-refractivity contribution in [1.29, 1.82) is 0 Å². The minimum absolute atomic E-state index is 0.0413. The number of rotatable bonds is 10. The van der Waals surface area contributed by atoms with E-state index < -0.39 is 12.7 Å². The molecule has 12 heteroatoms. The van der Waals surface area contributed by atoms with Crippen molar-refractivity contribution in [2.24, 2.45) is 0 Å². The number of ether oxygens (including phenoxy) is 1. The molecule has 3 heterocycles. The Balaban J connectivity index is 1.55. The molecule has 5 rings (SSSR count). The van der Waals surface area contributed by atoms with E-state index >= 15 is 0 Å². The van der Waals surface area contributed by atoms with Gasteiger partial charge in [0, 0.05) is 35.6 Å². The van der Waals surface area contributed by atoms with Crippen LogP contribution in [0.4, 0.5) is 13.2 Å². The van der Waals surface area contributed by atoms with Crippen LogP contribution < -0.4 is 0 Å². The van der Waals surface area contributed by atoms with Crippen LogP contribution in [0.15, 0.2) is 51.4 Å². The zero-order valence-electron chi connectivity index (χ0n) is 21.3. The van der Waals surface area contributed by atoms with E-state index in [1.54, 1.807) is 0 Å². The van der Waals surface area contributed by atoms with Crippen molar-refractivity contribution in [3.05, 3.63) is 69.5 Å². The first-order valence-corrected chi connectivity index (χ1v) is 13.3. The molecular weight excluding hydrogens is 577 g/mol. The fraction of sp³-hybridized carbons (Fsp3) is 0.333. The molecule has 0 bridgehead atoms. The SMILES string of the molecule is CCCCc1nn(CC(F)(F)F)c(COC)c1Cc1ccc2oc(-c3ccccc3-c3nnn[nH]3)c(Br)c2c1. The zero-order chi connectivity index (χ0) is 27.6. The van der Waals surface area contributed by atoms with Gasteiger partial charge in [0.25, 0.3) is 0 Å². The topological polar surface area (TPSA) is 94.7 Å². The van der Waals surface area contributed by atoms with E-state index in [4.69, 9.17) is 9.15 Å². The Morgan fingerprint density at radius 1 is 1.13 bits per heavy atom. The second-order valence-electron chi connectivity index (χ2n) is 9.23. The molecule has 0 aliphatic carbocycles. The molecule has 0 aliphatic heterocycles. The van der Waals surface area contributed by atoms with Gasteiger partial charge in [-0.1, -0.05) is 43.7 Å². The van der Waals surface area contributed by atoms with Gasteiger partial charge in [0.1, 0.15) is 17.9 Å². The molecule has 0 radical (unpaired) electrons. The number of hydrogen-bond donors (Lipinski definition) is 1. The minimum atomic E-state index is -4.39. The summed E-state index contributed by atoms with van der Waals surface area (Å²) in [4.78, 5) is 0. The highest BCUT2D eigenvalue weighted by atomic mass is 79.9. The number of H-pyrrole nitrogens is 1. The summed E-state index contributed by atoms with van der Waals surface area (Å²) in [5.74, 6) is 1.13. The largest absolute Gasteiger partial charge is 0.455 e. The normalized spacial score (nSPS) is 12.1. The average molecular weight is 603 g/mol. The lowest BCUT2D eigenvalue weighted by Crippen LogP contribution is -2.21. The lowest BCUT2D eigenvalue weighted by Gasteiger charge is -2.11. The Hall–Kier alpha value is -3.51. The Kier molecular flexibility index (Phi) is 7.85. The second-order valence-corrected chi connectivity index (χ2v) is 10.0. The average Bonchev–Trinajstić information content (AvgIpc) is 3.62. The Bertz CT molecular complexity index is 1580. The van der Waals surface area contributed by atoms with E-state index in [1.807, 2.05) is 49.4 Å². The summed E-state index contributed by atoms with van der Waals surface area (Å²) in [5, 5.41) is 19.4. The van der Waals surface area contributed by atoms with Gasteiger partial charge in [0.15, 0.2) is 5.82 Å². The molecule has 0 spiro atoms. The van der Waals surface area contributed by atoms with E-state index in [0.29, 0.717) is 41.4 Å². The molecule has 2 aromatic carbocycles. The van der Waals surface area contributed by atoms with Crippen molar-refractivity contribution in [2.45, 2.75) is 51.9 Å². The number of furan rings is 1. The highest BCUT2D eigenvalue weighted by Crippen LogP contribution is 2.41. The summed E-state index contributed by atoms with van der Waals surface area (Å²) in [7, 11) is 1.48. The number of aryl methyl sites for hydroxylation is 1. The van der Waals surface area contributed by atoms with Crippen molar-refractivity contribution < 1.29 is 22.3 Å². The second kappa shape index (κ2) is 11.3. The Labute approximate surface area is 230 Å². The van der Waals surface area contributed by atoms with Gasteiger partial charge in [-0.25, -0.2) is 5.10 Å². The van der Waals surface area contributed by atoms with Gasteiger partial charge < -0.3 is 9.15 Å². The zero-order valence-corrected chi connectivity index (χ0v) is 22.9. The molecule has 0 aliphatic rings. The number of tetrazole rings is 1. The van der Waals surface area contributed by atoms with E-state index in [-0.39, 0.29) is 6.61 Å². The first-order chi connectivity index (χ1) is 18.8. The van der Waals surface area contributed by atoms with E-state index in [2.05, 4.69) is 41.7 Å². The highest BCUT2D eigenvalue weighted by Gasteiger charge is 2.31. The predicted molar refractivity (Wildman–Crippen MR) is 143 cm³/mol. The molecule has 3 aromatic heterocycles. The van der Waals surface area contributed by atoms with Crippen molar-refractivity contribution in [1.82, 2.24) is 30.4 Å². The summed E-state index contributed by atoms with van der Waals surface area (Å²) in [6.07, 6.45) is -1.63.